The van der Waals surface area contributed by atoms with Crippen LogP contribution in [0.1, 0.15) is 38.3 Å². The Morgan fingerprint density at radius 2 is 2.22 bits per heavy atom. The minimum Gasteiger partial charge on any atom is -0.491 e. The molecule has 0 amide bonds. The molecule has 1 aliphatic carbocycles. The Kier molecular flexibility index (Phi) is 4.22. The Morgan fingerprint density at radius 1 is 1.44 bits per heavy atom. The summed E-state index contributed by atoms with van der Waals surface area (Å²) in [7, 11) is 0. The SMILES string of the molecule is CC(C)Oc1cccc(C(C#N)NCC2CC2)c1. The van der Waals surface area contributed by atoms with Crippen LogP contribution in [0.5, 0.6) is 5.75 Å². The quantitative estimate of drug-likeness (QED) is 0.836. The number of nitriles is 1. The van der Waals surface area contributed by atoms with Crippen LogP contribution in [-0.2, 0) is 0 Å². The van der Waals surface area contributed by atoms with Gasteiger partial charge in [0.2, 0.25) is 0 Å². The standard InChI is InChI=1S/C15H20N2O/c1-11(2)18-14-5-3-4-13(8-14)15(9-16)17-10-12-6-7-12/h3-5,8,11-12,15,17H,6-7,10H2,1-2H3. The Labute approximate surface area is 109 Å². The Morgan fingerprint density at radius 3 is 2.83 bits per heavy atom. The van der Waals surface area contributed by atoms with E-state index < -0.39 is 0 Å². The summed E-state index contributed by atoms with van der Waals surface area (Å²) in [4.78, 5) is 0. The highest BCUT2D eigenvalue weighted by Crippen LogP contribution is 2.29. The Balaban J connectivity index is 2.02. The van der Waals surface area contributed by atoms with Crippen LogP contribution in [-0.4, -0.2) is 12.6 Å². The highest BCUT2D eigenvalue weighted by molar-refractivity contribution is 5.33. The van der Waals surface area contributed by atoms with Gasteiger partial charge in [-0.15, -0.1) is 0 Å². The number of hydrogen-bond donors (Lipinski definition) is 1. The van der Waals surface area contributed by atoms with E-state index in [-0.39, 0.29) is 12.1 Å². The zero-order chi connectivity index (χ0) is 13.0. The first-order valence-corrected chi connectivity index (χ1v) is 6.58. The van der Waals surface area contributed by atoms with Gasteiger partial charge in [0.15, 0.2) is 0 Å². The maximum atomic E-state index is 9.23. The van der Waals surface area contributed by atoms with Crippen molar-refractivity contribution in [1.29, 1.82) is 5.26 Å². The van der Waals surface area contributed by atoms with Gasteiger partial charge in [-0.3, -0.25) is 5.32 Å². The third-order valence-electron chi connectivity index (χ3n) is 3.00. The second-order valence-electron chi connectivity index (χ2n) is 5.15. The van der Waals surface area contributed by atoms with Gasteiger partial charge in [0, 0.05) is 0 Å². The number of rotatable bonds is 6. The van der Waals surface area contributed by atoms with Gasteiger partial charge in [-0.25, -0.2) is 0 Å². The summed E-state index contributed by atoms with van der Waals surface area (Å²) < 4.78 is 5.65. The van der Waals surface area contributed by atoms with Crippen molar-refractivity contribution in [3.05, 3.63) is 29.8 Å². The molecule has 1 saturated carbocycles. The predicted molar refractivity (Wildman–Crippen MR) is 71.3 cm³/mol. The van der Waals surface area contributed by atoms with E-state index in [1.54, 1.807) is 0 Å². The molecule has 1 unspecified atom stereocenters. The van der Waals surface area contributed by atoms with E-state index in [9.17, 15) is 5.26 Å². The van der Waals surface area contributed by atoms with E-state index in [2.05, 4.69) is 11.4 Å². The van der Waals surface area contributed by atoms with Crippen molar-refractivity contribution in [2.45, 2.75) is 38.8 Å². The molecule has 1 fully saturated rings. The number of hydrogen-bond acceptors (Lipinski definition) is 3. The van der Waals surface area contributed by atoms with Crippen LogP contribution in [0.3, 0.4) is 0 Å². The Bertz CT molecular complexity index is 432. The fourth-order valence-electron chi connectivity index (χ4n) is 1.88. The van der Waals surface area contributed by atoms with Gasteiger partial charge in [0.25, 0.3) is 0 Å². The molecule has 2 rings (SSSR count). The summed E-state index contributed by atoms with van der Waals surface area (Å²) >= 11 is 0. The van der Waals surface area contributed by atoms with Gasteiger partial charge in [-0.2, -0.15) is 5.26 Å². The average Bonchev–Trinajstić information content (AvgIpc) is 3.13. The van der Waals surface area contributed by atoms with Crippen molar-refractivity contribution in [3.8, 4) is 11.8 Å². The van der Waals surface area contributed by atoms with Crippen LogP contribution in [0.15, 0.2) is 24.3 Å². The second-order valence-corrected chi connectivity index (χ2v) is 5.15. The number of nitrogens with zero attached hydrogens (tertiary/aromatic N) is 1. The third kappa shape index (κ3) is 3.75. The molecule has 1 aromatic carbocycles. The molecule has 3 heteroatoms. The molecule has 1 aliphatic rings. The highest BCUT2D eigenvalue weighted by atomic mass is 16.5. The smallest absolute Gasteiger partial charge is 0.121 e. The molecule has 0 radical (unpaired) electrons. The summed E-state index contributed by atoms with van der Waals surface area (Å²) in [6.45, 7) is 4.94. The molecule has 1 atom stereocenters. The van der Waals surface area contributed by atoms with Crippen LogP contribution in [0.2, 0.25) is 0 Å². The van der Waals surface area contributed by atoms with Crippen molar-refractivity contribution in [1.82, 2.24) is 5.32 Å². The molecule has 0 aliphatic heterocycles. The first-order valence-electron chi connectivity index (χ1n) is 6.58. The number of nitrogens with one attached hydrogen (secondary N) is 1. The summed E-state index contributed by atoms with van der Waals surface area (Å²) in [5.74, 6) is 1.60. The molecule has 3 nitrogen and oxygen atoms in total. The average molecular weight is 244 g/mol. The van der Waals surface area contributed by atoms with Crippen LogP contribution < -0.4 is 10.1 Å². The van der Waals surface area contributed by atoms with E-state index in [1.165, 1.54) is 12.8 Å². The molecule has 96 valence electrons. The number of ether oxygens (including phenoxy) is 1. The lowest BCUT2D eigenvalue weighted by Crippen LogP contribution is -2.22. The monoisotopic (exact) mass is 244 g/mol. The molecular weight excluding hydrogens is 224 g/mol. The van der Waals surface area contributed by atoms with E-state index >= 15 is 0 Å². The topological polar surface area (TPSA) is 45.0 Å². The molecule has 18 heavy (non-hydrogen) atoms. The van der Waals surface area contributed by atoms with Crippen LogP contribution >= 0.6 is 0 Å². The van der Waals surface area contributed by atoms with Crippen LogP contribution in [0, 0.1) is 17.2 Å². The van der Waals surface area contributed by atoms with E-state index in [4.69, 9.17) is 4.74 Å². The van der Waals surface area contributed by atoms with Crippen molar-refractivity contribution >= 4 is 0 Å². The predicted octanol–water partition coefficient (Wildman–Crippen LogP) is 3.04. The minimum absolute atomic E-state index is 0.153. The third-order valence-corrected chi connectivity index (χ3v) is 3.00. The summed E-state index contributed by atoms with van der Waals surface area (Å²) in [5.41, 5.74) is 0.983. The van der Waals surface area contributed by atoms with Crippen molar-refractivity contribution in [3.63, 3.8) is 0 Å². The zero-order valence-electron chi connectivity index (χ0n) is 11.0. The molecule has 0 aromatic heterocycles. The molecule has 1 N–H and O–H groups in total. The van der Waals surface area contributed by atoms with Crippen molar-refractivity contribution < 1.29 is 4.74 Å². The Hall–Kier alpha value is -1.53. The normalized spacial score (nSPS) is 16.3. The summed E-state index contributed by atoms with van der Waals surface area (Å²) in [5, 5.41) is 12.5. The lowest BCUT2D eigenvalue weighted by atomic mass is 10.1. The highest BCUT2D eigenvalue weighted by Gasteiger charge is 2.22. The van der Waals surface area contributed by atoms with Gasteiger partial charge >= 0.3 is 0 Å². The van der Waals surface area contributed by atoms with Crippen LogP contribution in [0.4, 0.5) is 0 Å². The van der Waals surface area contributed by atoms with E-state index in [0.717, 1.165) is 23.8 Å². The fourth-order valence-corrected chi connectivity index (χ4v) is 1.88. The fraction of sp³-hybridized carbons (Fsp3) is 0.533. The summed E-state index contributed by atoms with van der Waals surface area (Å²) in [6.07, 6.45) is 2.74. The molecule has 0 saturated heterocycles. The van der Waals surface area contributed by atoms with Crippen molar-refractivity contribution in [2.24, 2.45) is 5.92 Å². The molecule has 1 aromatic rings. The van der Waals surface area contributed by atoms with E-state index in [1.807, 2.05) is 38.1 Å². The first kappa shape index (κ1) is 12.9. The maximum Gasteiger partial charge on any atom is 0.121 e. The van der Waals surface area contributed by atoms with Gasteiger partial charge in [-0.05, 0) is 56.8 Å². The number of benzene rings is 1. The summed E-state index contributed by atoms with van der Waals surface area (Å²) in [6, 6.07) is 9.88. The minimum atomic E-state index is -0.235. The van der Waals surface area contributed by atoms with Crippen molar-refractivity contribution in [2.75, 3.05) is 6.54 Å². The van der Waals surface area contributed by atoms with Gasteiger partial charge < -0.3 is 4.74 Å². The first-order chi connectivity index (χ1) is 8.69. The molecular formula is C15H20N2O. The van der Waals surface area contributed by atoms with E-state index in [0.29, 0.717) is 0 Å². The molecule has 0 heterocycles. The van der Waals surface area contributed by atoms with Gasteiger partial charge in [-0.1, -0.05) is 12.1 Å². The second kappa shape index (κ2) is 5.88. The molecule has 0 spiro atoms. The van der Waals surface area contributed by atoms with Gasteiger partial charge in [0.1, 0.15) is 11.8 Å². The largest absolute Gasteiger partial charge is 0.491 e. The van der Waals surface area contributed by atoms with Gasteiger partial charge in [0.05, 0.1) is 12.2 Å². The maximum absolute atomic E-state index is 9.23. The lowest BCUT2D eigenvalue weighted by molar-refractivity contribution is 0.242. The molecule has 0 bridgehead atoms. The van der Waals surface area contributed by atoms with Crippen LogP contribution in [0.25, 0.3) is 0 Å². The lowest BCUT2D eigenvalue weighted by Gasteiger charge is -2.14. The zero-order valence-corrected chi connectivity index (χ0v) is 11.0.